The lowest BCUT2D eigenvalue weighted by molar-refractivity contribution is 0.581. The van der Waals surface area contributed by atoms with E-state index in [1.54, 1.807) is 30.6 Å². The number of hydrogen-bond acceptors (Lipinski definition) is 3. The molecule has 0 fully saturated rings. The number of hydrogen-bond donors (Lipinski definition) is 1. The van der Waals surface area contributed by atoms with Crippen molar-refractivity contribution in [1.82, 2.24) is 9.71 Å². The molecule has 90 valence electrons. The molecule has 0 aliphatic rings. The van der Waals surface area contributed by atoms with Crippen LogP contribution in [0.15, 0.2) is 41.6 Å². The monoisotopic (exact) mass is 250 g/mol. The molecule has 1 aromatic carbocycles. The molecule has 1 N–H and O–H groups in total. The Kier molecular flexibility index (Phi) is 3.40. The lowest BCUT2D eigenvalue weighted by atomic mass is 10.2. The van der Waals surface area contributed by atoms with Crippen LogP contribution in [-0.4, -0.2) is 19.9 Å². The zero-order chi connectivity index (χ0) is 12.3. The van der Waals surface area contributed by atoms with Gasteiger partial charge < -0.3 is 0 Å². The lowest BCUT2D eigenvalue weighted by Crippen LogP contribution is -2.24. The van der Waals surface area contributed by atoms with Crippen LogP contribution >= 0.6 is 0 Å². The van der Waals surface area contributed by atoms with E-state index in [1.807, 2.05) is 13.0 Å². The predicted octanol–water partition coefficient (Wildman–Crippen LogP) is 1.92. The van der Waals surface area contributed by atoms with E-state index in [-0.39, 0.29) is 0 Å². The van der Waals surface area contributed by atoms with Crippen LogP contribution in [0.5, 0.6) is 0 Å². The van der Waals surface area contributed by atoms with Gasteiger partial charge in [0.25, 0.3) is 0 Å². The molecule has 0 saturated carbocycles. The quantitative estimate of drug-likeness (QED) is 0.902. The summed E-state index contributed by atoms with van der Waals surface area (Å²) in [6, 6.07) is 6.90. The minimum atomic E-state index is -3.43. The molecular formula is C12H14N2O2S. The Morgan fingerprint density at radius 3 is 2.88 bits per heavy atom. The standard InChI is InChI=1S/C12H14N2O2S/c1-2-7-14-17(15,16)12-5-3-4-10-9-13-8-6-11(10)12/h3-6,8-9,14H,2,7H2,1H3. The van der Waals surface area contributed by atoms with Gasteiger partial charge in [-0.15, -0.1) is 0 Å². The van der Waals surface area contributed by atoms with Crippen molar-refractivity contribution in [2.45, 2.75) is 18.2 Å². The maximum atomic E-state index is 12.1. The van der Waals surface area contributed by atoms with E-state index in [0.29, 0.717) is 16.8 Å². The molecular weight excluding hydrogens is 236 g/mol. The Morgan fingerprint density at radius 2 is 2.12 bits per heavy atom. The summed E-state index contributed by atoms with van der Waals surface area (Å²) in [7, 11) is -3.43. The molecule has 0 bridgehead atoms. The summed E-state index contributed by atoms with van der Waals surface area (Å²) in [4.78, 5) is 4.29. The lowest BCUT2D eigenvalue weighted by Gasteiger charge is -2.08. The topological polar surface area (TPSA) is 59.1 Å². The number of benzene rings is 1. The van der Waals surface area contributed by atoms with E-state index in [2.05, 4.69) is 9.71 Å². The van der Waals surface area contributed by atoms with Crippen molar-refractivity contribution in [3.8, 4) is 0 Å². The number of sulfonamides is 1. The van der Waals surface area contributed by atoms with Crippen LogP contribution in [0.1, 0.15) is 13.3 Å². The average molecular weight is 250 g/mol. The average Bonchev–Trinajstić information content (AvgIpc) is 2.36. The fourth-order valence-electron chi connectivity index (χ4n) is 1.64. The van der Waals surface area contributed by atoms with Gasteiger partial charge in [-0.1, -0.05) is 19.1 Å². The van der Waals surface area contributed by atoms with Gasteiger partial charge in [-0.3, -0.25) is 4.98 Å². The molecule has 0 atom stereocenters. The van der Waals surface area contributed by atoms with Gasteiger partial charge in [-0.25, -0.2) is 13.1 Å². The molecule has 0 aliphatic carbocycles. The minimum Gasteiger partial charge on any atom is -0.264 e. The summed E-state index contributed by atoms with van der Waals surface area (Å²) >= 11 is 0. The van der Waals surface area contributed by atoms with Gasteiger partial charge in [-0.2, -0.15) is 0 Å². The van der Waals surface area contributed by atoms with Gasteiger partial charge in [0.15, 0.2) is 0 Å². The fourth-order valence-corrected chi connectivity index (χ4v) is 3.00. The maximum absolute atomic E-state index is 12.1. The van der Waals surface area contributed by atoms with Crippen molar-refractivity contribution < 1.29 is 8.42 Å². The Bertz CT molecular complexity index is 618. The third-order valence-electron chi connectivity index (χ3n) is 2.47. The summed E-state index contributed by atoms with van der Waals surface area (Å²) in [5.74, 6) is 0. The number of aromatic nitrogens is 1. The maximum Gasteiger partial charge on any atom is 0.241 e. The molecule has 0 unspecified atom stereocenters. The first-order chi connectivity index (χ1) is 8.15. The second-order valence-electron chi connectivity index (χ2n) is 3.75. The molecule has 17 heavy (non-hydrogen) atoms. The van der Waals surface area contributed by atoms with Gasteiger partial charge in [-0.05, 0) is 18.6 Å². The third-order valence-corrected chi connectivity index (χ3v) is 3.99. The van der Waals surface area contributed by atoms with Gasteiger partial charge in [0.2, 0.25) is 10.0 Å². The SMILES string of the molecule is CCCNS(=O)(=O)c1cccc2cnccc12. The molecule has 0 saturated heterocycles. The first kappa shape index (κ1) is 12.0. The predicted molar refractivity (Wildman–Crippen MR) is 67.2 cm³/mol. The molecule has 0 amide bonds. The Hall–Kier alpha value is -1.46. The molecule has 1 aromatic heterocycles. The number of rotatable bonds is 4. The van der Waals surface area contributed by atoms with Gasteiger partial charge >= 0.3 is 0 Å². The zero-order valence-electron chi connectivity index (χ0n) is 9.55. The van der Waals surface area contributed by atoms with Crippen molar-refractivity contribution in [1.29, 1.82) is 0 Å². The third kappa shape index (κ3) is 2.45. The molecule has 1 heterocycles. The molecule has 0 radical (unpaired) electrons. The van der Waals surface area contributed by atoms with Crippen LogP contribution in [0.25, 0.3) is 10.8 Å². The van der Waals surface area contributed by atoms with Crippen molar-refractivity contribution in [2.24, 2.45) is 0 Å². The van der Waals surface area contributed by atoms with E-state index in [1.165, 1.54) is 0 Å². The molecule has 0 aliphatic heterocycles. The molecule has 5 heteroatoms. The van der Waals surface area contributed by atoms with Gasteiger partial charge in [0.1, 0.15) is 0 Å². The minimum absolute atomic E-state index is 0.311. The molecule has 0 spiro atoms. The van der Waals surface area contributed by atoms with Crippen LogP contribution < -0.4 is 4.72 Å². The Morgan fingerprint density at radius 1 is 1.29 bits per heavy atom. The highest BCUT2D eigenvalue weighted by molar-refractivity contribution is 7.89. The molecule has 2 aromatic rings. The number of nitrogens with zero attached hydrogens (tertiary/aromatic N) is 1. The summed E-state index contributed by atoms with van der Waals surface area (Å²) in [5.41, 5.74) is 0. The van der Waals surface area contributed by atoms with Crippen molar-refractivity contribution in [3.63, 3.8) is 0 Å². The molecule has 2 rings (SSSR count). The zero-order valence-corrected chi connectivity index (χ0v) is 10.4. The highest BCUT2D eigenvalue weighted by Gasteiger charge is 2.15. The summed E-state index contributed by atoms with van der Waals surface area (Å²) in [6.07, 6.45) is 4.03. The number of nitrogens with one attached hydrogen (secondary N) is 1. The Labute approximate surface area is 101 Å². The normalized spacial score (nSPS) is 11.8. The fraction of sp³-hybridized carbons (Fsp3) is 0.250. The highest BCUT2D eigenvalue weighted by atomic mass is 32.2. The smallest absolute Gasteiger partial charge is 0.241 e. The van der Waals surface area contributed by atoms with Gasteiger partial charge in [0.05, 0.1) is 4.90 Å². The van der Waals surface area contributed by atoms with Crippen LogP contribution in [0.4, 0.5) is 0 Å². The van der Waals surface area contributed by atoms with Crippen molar-refractivity contribution in [3.05, 3.63) is 36.7 Å². The first-order valence-electron chi connectivity index (χ1n) is 5.47. The number of pyridine rings is 1. The summed E-state index contributed by atoms with van der Waals surface area (Å²) < 4.78 is 26.7. The van der Waals surface area contributed by atoms with Crippen LogP contribution in [0.2, 0.25) is 0 Å². The second kappa shape index (κ2) is 4.81. The largest absolute Gasteiger partial charge is 0.264 e. The second-order valence-corrected chi connectivity index (χ2v) is 5.49. The van der Waals surface area contributed by atoms with Crippen molar-refractivity contribution in [2.75, 3.05) is 6.54 Å². The van der Waals surface area contributed by atoms with E-state index in [9.17, 15) is 8.42 Å². The Balaban J connectivity index is 2.55. The van der Waals surface area contributed by atoms with E-state index in [4.69, 9.17) is 0 Å². The van der Waals surface area contributed by atoms with E-state index < -0.39 is 10.0 Å². The van der Waals surface area contributed by atoms with E-state index >= 15 is 0 Å². The van der Waals surface area contributed by atoms with Crippen molar-refractivity contribution >= 4 is 20.8 Å². The summed E-state index contributed by atoms with van der Waals surface area (Å²) in [5, 5.41) is 1.53. The van der Waals surface area contributed by atoms with Crippen LogP contribution in [0, 0.1) is 0 Å². The molecule has 4 nitrogen and oxygen atoms in total. The highest BCUT2D eigenvalue weighted by Crippen LogP contribution is 2.21. The van der Waals surface area contributed by atoms with Crippen LogP contribution in [-0.2, 0) is 10.0 Å². The van der Waals surface area contributed by atoms with Gasteiger partial charge in [0, 0.05) is 29.7 Å². The number of fused-ring (bicyclic) bond motifs is 1. The van der Waals surface area contributed by atoms with Crippen LogP contribution in [0.3, 0.4) is 0 Å². The first-order valence-corrected chi connectivity index (χ1v) is 6.96. The summed E-state index contributed by atoms with van der Waals surface area (Å²) in [6.45, 7) is 2.37. The van der Waals surface area contributed by atoms with E-state index in [0.717, 1.165) is 11.8 Å².